The first-order valence-electron chi connectivity index (χ1n) is 7.72. The van der Waals surface area contributed by atoms with E-state index in [1.807, 2.05) is 44.3 Å². The molecule has 0 radical (unpaired) electrons. The Hall–Kier alpha value is -1.55. The van der Waals surface area contributed by atoms with Crippen molar-refractivity contribution < 1.29 is 9.53 Å². The van der Waals surface area contributed by atoms with Crippen LogP contribution in [0.2, 0.25) is 0 Å². The van der Waals surface area contributed by atoms with Crippen LogP contribution in [0, 0.1) is 5.92 Å². The van der Waals surface area contributed by atoms with Gasteiger partial charge in [-0.2, -0.15) is 0 Å². The lowest BCUT2D eigenvalue weighted by Crippen LogP contribution is -2.53. The predicted octanol–water partition coefficient (Wildman–Crippen LogP) is 2.43. The van der Waals surface area contributed by atoms with Crippen LogP contribution in [0.15, 0.2) is 30.3 Å². The maximum atomic E-state index is 12.5. The molecule has 1 aromatic rings. The van der Waals surface area contributed by atoms with Gasteiger partial charge in [0.25, 0.3) is 0 Å². The second kappa shape index (κ2) is 6.94. The second-order valence-corrected chi connectivity index (χ2v) is 6.23. The summed E-state index contributed by atoms with van der Waals surface area (Å²) in [4.78, 5) is 14.3. The lowest BCUT2D eigenvalue weighted by molar-refractivity contribution is -0.137. The van der Waals surface area contributed by atoms with Crippen molar-refractivity contribution >= 4 is 5.91 Å². The number of rotatable bonds is 5. The highest BCUT2D eigenvalue weighted by Crippen LogP contribution is 2.32. The van der Waals surface area contributed by atoms with Crippen molar-refractivity contribution in [1.29, 1.82) is 0 Å². The molecule has 0 bridgehead atoms. The highest BCUT2D eigenvalue weighted by molar-refractivity contribution is 5.80. The van der Waals surface area contributed by atoms with Crippen LogP contribution in [-0.4, -0.2) is 36.5 Å². The second-order valence-electron chi connectivity index (χ2n) is 6.23. The average Bonchev–Trinajstić information content (AvgIpc) is 2.47. The molecule has 1 fully saturated rings. The highest BCUT2D eigenvalue weighted by atomic mass is 16.5. The van der Waals surface area contributed by atoms with Crippen molar-refractivity contribution in [1.82, 2.24) is 4.90 Å². The largest absolute Gasteiger partial charge is 0.492 e. The maximum Gasteiger partial charge on any atom is 0.227 e. The smallest absolute Gasteiger partial charge is 0.227 e. The Kier molecular flexibility index (Phi) is 5.23. The molecule has 2 atom stereocenters. The fourth-order valence-corrected chi connectivity index (χ4v) is 2.96. The van der Waals surface area contributed by atoms with Crippen LogP contribution in [0.4, 0.5) is 0 Å². The van der Waals surface area contributed by atoms with Gasteiger partial charge in [-0.1, -0.05) is 31.0 Å². The van der Waals surface area contributed by atoms with Crippen LogP contribution in [0.1, 0.15) is 32.6 Å². The van der Waals surface area contributed by atoms with Gasteiger partial charge in [-0.3, -0.25) is 4.79 Å². The molecule has 0 spiro atoms. The average molecular weight is 290 g/mol. The van der Waals surface area contributed by atoms with Crippen LogP contribution < -0.4 is 10.5 Å². The van der Waals surface area contributed by atoms with E-state index in [0.717, 1.165) is 31.4 Å². The van der Waals surface area contributed by atoms with E-state index in [-0.39, 0.29) is 17.4 Å². The molecule has 116 valence electrons. The number of ether oxygens (including phenoxy) is 1. The van der Waals surface area contributed by atoms with Crippen LogP contribution >= 0.6 is 0 Å². The third-order valence-corrected chi connectivity index (χ3v) is 4.37. The lowest BCUT2D eigenvalue weighted by Gasteiger charge is -2.39. The molecule has 0 heterocycles. The Morgan fingerprint density at radius 1 is 1.38 bits per heavy atom. The zero-order chi connectivity index (χ0) is 15.3. The number of likely N-dealkylation sites (N-methyl/N-ethyl adjacent to an activating group) is 1. The summed E-state index contributed by atoms with van der Waals surface area (Å²) in [5, 5.41) is 0. The predicted molar refractivity (Wildman–Crippen MR) is 84.1 cm³/mol. The molecule has 21 heavy (non-hydrogen) atoms. The lowest BCUT2D eigenvalue weighted by atomic mass is 9.74. The van der Waals surface area contributed by atoms with Gasteiger partial charge in [0.15, 0.2) is 0 Å². The molecular formula is C17H26N2O2. The summed E-state index contributed by atoms with van der Waals surface area (Å²) in [6.45, 7) is 3.09. The van der Waals surface area contributed by atoms with E-state index in [1.54, 1.807) is 4.90 Å². The van der Waals surface area contributed by atoms with Gasteiger partial charge in [-0.25, -0.2) is 0 Å². The van der Waals surface area contributed by atoms with E-state index >= 15 is 0 Å². The summed E-state index contributed by atoms with van der Waals surface area (Å²) in [6, 6.07) is 9.66. The standard InChI is InChI=1S/C17H26N2O2/c1-17(18)11-7-6-10-15(17)16(20)19(2)12-13-21-14-8-4-3-5-9-14/h3-5,8-9,15H,6-7,10-13,18H2,1-2H3. The van der Waals surface area contributed by atoms with Crippen molar-refractivity contribution in [3.8, 4) is 5.75 Å². The zero-order valence-corrected chi connectivity index (χ0v) is 13.0. The van der Waals surface area contributed by atoms with Crippen molar-refractivity contribution in [2.24, 2.45) is 11.7 Å². The number of hydrogen-bond donors (Lipinski definition) is 1. The molecular weight excluding hydrogens is 264 g/mol. The van der Waals surface area contributed by atoms with Crippen LogP contribution in [0.5, 0.6) is 5.75 Å². The van der Waals surface area contributed by atoms with Crippen molar-refractivity contribution in [2.75, 3.05) is 20.2 Å². The van der Waals surface area contributed by atoms with E-state index in [1.165, 1.54) is 0 Å². The molecule has 0 aromatic heterocycles. The Balaban J connectivity index is 1.82. The van der Waals surface area contributed by atoms with Crippen molar-refractivity contribution in [3.63, 3.8) is 0 Å². The van der Waals surface area contributed by atoms with Gasteiger partial charge in [0.2, 0.25) is 5.91 Å². The van der Waals surface area contributed by atoms with Crippen LogP contribution in [0.25, 0.3) is 0 Å². The van der Waals surface area contributed by atoms with Crippen molar-refractivity contribution in [2.45, 2.75) is 38.1 Å². The Labute approximate surface area is 127 Å². The van der Waals surface area contributed by atoms with E-state index in [2.05, 4.69) is 0 Å². The minimum absolute atomic E-state index is 0.0621. The molecule has 2 N–H and O–H groups in total. The highest BCUT2D eigenvalue weighted by Gasteiger charge is 2.38. The summed E-state index contributed by atoms with van der Waals surface area (Å²) < 4.78 is 5.64. The topological polar surface area (TPSA) is 55.6 Å². The first-order valence-corrected chi connectivity index (χ1v) is 7.72. The minimum Gasteiger partial charge on any atom is -0.492 e. The third-order valence-electron chi connectivity index (χ3n) is 4.37. The summed E-state index contributed by atoms with van der Waals surface area (Å²) in [6.07, 6.45) is 4.04. The maximum absolute atomic E-state index is 12.5. The van der Waals surface area contributed by atoms with Gasteiger partial charge in [-0.15, -0.1) is 0 Å². The molecule has 1 saturated carbocycles. The number of nitrogens with zero attached hydrogens (tertiary/aromatic N) is 1. The number of para-hydroxylation sites is 1. The van der Waals surface area contributed by atoms with Crippen molar-refractivity contribution in [3.05, 3.63) is 30.3 Å². The fraction of sp³-hybridized carbons (Fsp3) is 0.588. The normalized spacial score (nSPS) is 25.4. The van der Waals surface area contributed by atoms with Crippen LogP contribution in [-0.2, 0) is 4.79 Å². The molecule has 1 aromatic carbocycles. The fourth-order valence-electron chi connectivity index (χ4n) is 2.96. The van der Waals surface area contributed by atoms with Crippen LogP contribution in [0.3, 0.4) is 0 Å². The first kappa shape index (κ1) is 15.8. The van der Waals surface area contributed by atoms with Gasteiger partial charge < -0.3 is 15.4 Å². The molecule has 0 aliphatic heterocycles. The third kappa shape index (κ3) is 4.21. The van der Waals surface area contributed by atoms with E-state index in [4.69, 9.17) is 10.5 Å². The summed E-state index contributed by atoms with van der Waals surface area (Å²) in [5.74, 6) is 0.920. The minimum atomic E-state index is -0.371. The monoisotopic (exact) mass is 290 g/mol. The molecule has 4 nitrogen and oxygen atoms in total. The Bertz CT molecular complexity index is 459. The summed E-state index contributed by atoms with van der Waals surface area (Å²) >= 11 is 0. The Morgan fingerprint density at radius 2 is 2.10 bits per heavy atom. The summed E-state index contributed by atoms with van der Waals surface area (Å²) in [5.41, 5.74) is 5.93. The van der Waals surface area contributed by atoms with Gasteiger partial charge in [0.1, 0.15) is 12.4 Å². The number of carbonyl (C=O) groups excluding carboxylic acids is 1. The van der Waals surface area contributed by atoms with Gasteiger partial charge in [-0.05, 0) is 31.9 Å². The number of hydrogen-bond acceptors (Lipinski definition) is 3. The zero-order valence-electron chi connectivity index (χ0n) is 13.0. The molecule has 1 aliphatic rings. The first-order chi connectivity index (χ1) is 10.0. The molecule has 2 unspecified atom stereocenters. The van der Waals surface area contributed by atoms with E-state index in [0.29, 0.717) is 13.2 Å². The van der Waals surface area contributed by atoms with Gasteiger partial charge in [0, 0.05) is 12.6 Å². The molecule has 1 aliphatic carbocycles. The number of benzene rings is 1. The number of nitrogens with two attached hydrogens (primary N) is 1. The summed E-state index contributed by atoms with van der Waals surface area (Å²) in [7, 11) is 1.83. The van der Waals surface area contributed by atoms with E-state index in [9.17, 15) is 4.79 Å². The Morgan fingerprint density at radius 3 is 2.76 bits per heavy atom. The molecule has 4 heteroatoms. The number of amides is 1. The molecule has 0 saturated heterocycles. The molecule has 2 rings (SSSR count). The quantitative estimate of drug-likeness (QED) is 0.906. The molecule has 1 amide bonds. The SMILES string of the molecule is CN(CCOc1ccccc1)C(=O)C1CCCCC1(C)N. The number of carbonyl (C=O) groups is 1. The van der Waals surface area contributed by atoms with Gasteiger partial charge >= 0.3 is 0 Å². The van der Waals surface area contributed by atoms with E-state index < -0.39 is 0 Å². The van der Waals surface area contributed by atoms with Gasteiger partial charge in [0.05, 0.1) is 12.5 Å².